The number of hydrogen-bond acceptors (Lipinski definition) is 4. The molecule has 0 aliphatic rings. The Morgan fingerprint density at radius 3 is 2.76 bits per heavy atom. The molecule has 21 heavy (non-hydrogen) atoms. The van der Waals surface area contributed by atoms with Crippen molar-refractivity contribution in [2.75, 3.05) is 18.5 Å². The largest absolute Gasteiger partial charge is 0.482 e. The lowest BCUT2D eigenvalue weighted by molar-refractivity contribution is -0.118. The predicted octanol–water partition coefficient (Wildman–Crippen LogP) is 1.91. The molecule has 0 fully saturated rings. The third-order valence-corrected chi connectivity index (χ3v) is 2.99. The van der Waals surface area contributed by atoms with Crippen molar-refractivity contribution in [2.24, 2.45) is 5.73 Å². The molecule has 0 unspecified atom stereocenters. The van der Waals surface area contributed by atoms with Crippen LogP contribution in [0.25, 0.3) is 0 Å². The van der Waals surface area contributed by atoms with E-state index in [4.69, 9.17) is 10.5 Å². The van der Waals surface area contributed by atoms with E-state index in [-0.39, 0.29) is 12.5 Å². The standard InChI is InChI=1S/C16H19N3O2/c1-12-4-2-3-5-15(12)19-16(20)11-21-14-7-6-13(8-9-17)18-10-14/h2-7,10H,8-9,11,17H2,1H3,(H,19,20). The number of amides is 1. The number of hydrogen-bond donors (Lipinski definition) is 2. The van der Waals surface area contributed by atoms with E-state index >= 15 is 0 Å². The molecule has 0 saturated carbocycles. The van der Waals surface area contributed by atoms with E-state index in [1.165, 1.54) is 0 Å². The van der Waals surface area contributed by atoms with Gasteiger partial charge in [-0.1, -0.05) is 18.2 Å². The summed E-state index contributed by atoms with van der Waals surface area (Å²) in [5.74, 6) is 0.367. The maximum atomic E-state index is 11.8. The van der Waals surface area contributed by atoms with Crippen LogP contribution in [0.15, 0.2) is 42.6 Å². The van der Waals surface area contributed by atoms with Crippen LogP contribution in [-0.4, -0.2) is 24.0 Å². The Balaban J connectivity index is 1.85. The monoisotopic (exact) mass is 285 g/mol. The minimum absolute atomic E-state index is 0.0494. The smallest absolute Gasteiger partial charge is 0.262 e. The summed E-state index contributed by atoms with van der Waals surface area (Å²) >= 11 is 0. The Labute approximate surface area is 124 Å². The van der Waals surface area contributed by atoms with E-state index in [9.17, 15) is 4.79 Å². The van der Waals surface area contributed by atoms with Crippen molar-refractivity contribution in [3.8, 4) is 5.75 Å². The van der Waals surface area contributed by atoms with Crippen molar-refractivity contribution in [2.45, 2.75) is 13.3 Å². The number of carbonyl (C=O) groups excluding carboxylic acids is 1. The van der Waals surface area contributed by atoms with Gasteiger partial charge in [0.05, 0.1) is 6.20 Å². The van der Waals surface area contributed by atoms with Gasteiger partial charge in [-0.05, 0) is 37.2 Å². The Hall–Kier alpha value is -2.40. The number of nitrogens with one attached hydrogen (secondary N) is 1. The summed E-state index contributed by atoms with van der Waals surface area (Å²) in [6.45, 7) is 2.45. The summed E-state index contributed by atoms with van der Waals surface area (Å²) in [5, 5.41) is 2.81. The zero-order valence-electron chi connectivity index (χ0n) is 12.0. The molecular weight excluding hydrogens is 266 g/mol. The highest BCUT2D eigenvalue weighted by molar-refractivity contribution is 5.92. The predicted molar refractivity (Wildman–Crippen MR) is 82.3 cm³/mol. The van der Waals surface area contributed by atoms with E-state index in [0.29, 0.717) is 12.3 Å². The molecule has 110 valence electrons. The molecule has 1 aromatic heterocycles. The Morgan fingerprint density at radius 1 is 1.29 bits per heavy atom. The maximum absolute atomic E-state index is 11.8. The van der Waals surface area contributed by atoms with Gasteiger partial charge in [0.25, 0.3) is 5.91 Å². The lowest BCUT2D eigenvalue weighted by Gasteiger charge is -2.09. The molecule has 1 aromatic carbocycles. The first-order valence-electron chi connectivity index (χ1n) is 6.82. The minimum atomic E-state index is -0.199. The van der Waals surface area contributed by atoms with Crippen LogP contribution in [-0.2, 0) is 11.2 Å². The summed E-state index contributed by atoms with van der Waals surface area (Å²) < 4.78 is 5.41. The SMILES string of the molecule is Cc1ccccc1NC(=O)COc1ccc(CCN)nc1. The molecule has 3 N–H and O–H groups in total. The van der Waals surface area contributed by atoms with E-state index < -0.39 is 0 Å². The molecule has 0 radical (unpaired) electrons. The zero-order valence-corrected chi connectivity index (χ0v) is 12.0. The molecule has 0 atom stereocenters. The Morgan fingerprint density at radius 2 is 2.10 bits per heavy atom. The average molecular weight is 285 g/mol. The molecule has 0 bridgehead atoms. The van der Waals surface area contributed by atoms with Gasteiger partial charge in [0.15, 0.2) is 6.61 Å². The third-order valence-electron chi connectivity index (χ3n) is 2.99. The number of anilines is 1. The fraction of sp³-hybridized carbons (Fsp3) is 0.250. The molecule has 1 heterocycles. The van der Waals surface area contributed by atoms with Crippen molar-refractivity contribution in [1.29, 1.82) is 0 Å². The van der Waals surface area contributed by atoms with Gasteiger partial charge < -0.3 is 15.8 Å². The van der Waals surface area contributed by atoms with Gasteiger partial charge in [-0.3, -0.25) is 9.78 Å². The highest BCUT2D eigenvalue weighted by atomic mass is 16.5. The maximum Gasteiger partial charge on any atom is 0.262 e. The van der Waals surface area contributed by atoms with Crippen LogP contribution in [0.1, 0.15) is 11.3 Å². The van der Waals surface area contributed by atoms with Crippen molar-refractivity contribution in [1.82, 2.24) is 4.98 Å². The molecule has 0 spiro atoms. The van der Waals surface area contributed by atoms with Crippen molar-refractivity contribution in [3.05, 3.63) is 53.9 Å². The lowest BCUT2D eigenvalue weighted by atomic mass is 10.2. The zero-order chi connectivity index (χ0) is 15.1. The van der Waals surface area contributed by atoms with Gasteiger partial charge in [0.2, 0.25) is 0 Å². The quantitative estimate of drug-likeness (QED) is 0.850. The number of aromatic nitrogens is 1. The van der Waals surface area contributed by atoms with Gasteiger partial charge in [-0.2, -0.15) is 0 Å². The molecule has 2 rings (SSSR count). The van der Waals surface area contributed by atoms with Crippen LogP contribution in [0.5, 0.6) is 5.75 Å². The van der Waals surface area contributed by atoms with Crippen LogP contribution < -0.4 is 15.8 Å². The fourth-order valence-corrected chi connectivity index (χ4v) is 1.84. The van der Waals surface area contributed by atoms with Crippen molar-refractivity contribution in [3.63, 3.8) is 0 Å². The number of aryl methyl sites for hydroxylation is 1. The van der Waals surface area contributed by atoms with Crippen LogP contribution >= 0.6 is 0 Å². The molecule has 5 nitrogen and oxygen atoms in total. The van der Waals surface area contributed by atoms with Crippen molar-refractivity contribution < 1.29 is 9.53 Å². The fourth-order valence-electron chi connectivity index (χ4n) is 1.84. The van der Waals surface area contributed by atoms with Gasteiger partial charge >= 0.3 is 0 Å². The molecule has 0 saturated heterocycles. The highest BCUT2D eigenvalue weighted by Crippen LogP contribution is 2.13. The van der Waals surface area contributed by atoms with Gasteiger partial charge in [0, 0.05) is 17.8 Å². The summed E-state index contributed by atoms with van der Waals surface area (Å²) in [5.41, 5.74) is 8.18. The van der Waals surface area contributed by atoms with Gasteiger partial charge in [-0.25, -0.2) is 0 Å². The molecule has 0 aliphatic heterocycles. The molecule has 2 aromatic rings. The van der Waals surface area contributed by atoms with E-state index in [2.05, 4.69) is 10.3 Å². The second kappa shape index (κ2) is 7.40. The lowest BCUT2D eigenvalue weighted by Crippen LogP contribution is -2.20. The Kier molecular flexibility index (Phi) is 5.29. The molecular formula is C16H19N3O2. The first-order valence-corrected chi connectivity index (χ1v) is 6.82. The number of carbonyl (C=O) groups is 1. The number of pyridine rings is 1. The normalized spacial score (nSPS) is 10.2. The van der Waals surface area contributed by atoms with E-state index in [0.717, 1.165) is 23.4 Å². The summed E-state index contributed by atoms with van der Waals surface area (Å²) in [6.07, 6.45) is 2.33. The summed E-state index contributed by atoms with van der Waals surface area (Å²) in [7, 11) is 0. The summed E-state index contributed by atoms with van der Waals surface area (Å²) in [4.78, 5) is 16.0. The Bertz CT molecular complexity index is 597. The second-order valence-electron chi connectivity index (χ2n) is 4.68. The van der Waals surface area contributed by atoms with Crippen LogP contribution in [0.4, 0.5) is 5.69 Å². The topological polar surface area (TPSA) is 77.2 Å². The second-order valence-corrected chi connectivity index (χ2v) is 4.68. The first kappa shape index (κ1) is 15.0. The van der Waals surface area contributed by atoms with Gasteiger partial charge in [-0.15, -0.1) is 0 Å². The van der Waals surface area contributed by atoms with Crippen LogP contribution in [0, 0.1) is 6.92 Å². The molecule has 0 aliphatic carbocycles. The number of rotatable bonds is 6. The first-order chi connectivity index (χ1) is 10.2. The number of benzene rings is 1. The summed E-state index contributed by atoms with van der Waals surface area (Å²) in [6, 6.07) is 11.2. The van der Waals surface area contributed by atoms with Gasteiger partial charge in [0.1, 0.15) is 5.75 Å². The highest BCUT2D eigenvalue weighted by Gasteiger charge is 2.05. The van der Waals surface area contributed by atoms with E-state index in [1.54, 1.807) is 12.3 Å². The van der Waals surface area contributed by atoms with E-state index in [1.807, 2.05) is 37.3 Å². The van der Waals surface area contributed by atoms with Crippen molar-refractivity contribution >= 4 is 11.6 Å². The third kappa shape index (κ3) is 4.57. The number of para-hydroxylation sites is 1. The number of ether oxygens (including phenoxy) is 1. The number of nitrogens with zero attached hydrogens (tertiary/aromatic N) is 1. The average Bonchev–Trinajstić information content (AvgIpc) is 2.49. The minimum Gasteiger partial charge on any atom is -0.482 e. The van der Waals surface area contributed by atoms with Crippen LogP contribution in [0.3, 0.4) is 0 Å². The number of nitrogens with two attached hydrogens (primary N) is 1. The van der Waals surface area contributed by atoms with Crippen LogP contribution in [0.2, 0.25) is 0 Å². The molecule has 5 heteroatoms. The molecule has 1 amide bonds.